The van der Waals surface area contributed by atoms with E-state index in [0.29, 0.717) is 0 Å². The fourth-order valence-corrected chi connectivity index (χ4v) is 7.50. The second kappa shape index (κ2) is 11.8. The van der Waals surface area contributed by atoms with Crippen molar-refractivity contribution in [2.24, 2.45) is 0 Å². The van der Waals surface area contributed by atoms with Gasteiger partial charge in [-0.15, -0.1) is 0 Å². The van der Waals surface area contributed by atoms with Crippen LogP contribution in [0.2, 0.25) is 0 Å². The number of rotatable bonds is 8. The van der Waals surface area contributed by atoms with Crippen molar-refractivity contribution in [1.29, 1.82) is 0 Å². The lowest BCUT2D eigenvalue weighted by molar-refractivity contribution is 0.0697. The Morgan fingerprint density at radius 3 is 1.81 bits per heavy atom. The SMILES string of the molecule is O=C(O)c1ccc(N(c2ccc3c(c2)C(Cc2ccccc2)(Cc2ccccc2)c2ccccc2-3)c2cccc3ccccc23)cc1. The van der Waals surface area contributed by atoms with Crippen LogP contribution in [0.15, 0.2) is 170 Å². The summed E-state index contributed by atoms with van der Waals surface area (Å²) in [7, 11) is 0. The van der Waals surface area contributed by atoms with Crippen molar-refractivity contribution in [2.45, 2.75) is 18.3 Å². The molecule has 0 fully saturated rings. The summed E-state index contributed by atoms with van der Waals surface area (Å²) in [5, 5.41) is 11.9. The Kier molecular flexibility index (Phi) is 7.15. The Bertz CT molecular complexity index is 2180. The van der Waals surface area contributed by atoms with E-state index in [2.05, 4.69) is 150 Å². The molecule has 8 rings (SSSR count). The van der Waals surface area contributed by atoms with Crippen LogP contribution in [0, 0.1) is 0 Å². The fraction of sp³-hybridized carbons (Fsp3) is 0.0682. The third kappa shape index (κ3) is 5.07. The molecule has 0 radical (unpaired) electrons. The van der Waals surface area contributed by atoms with E-state index in [4.69, 9.17) is 0 Å². The highest BCUT2D eigenvalue weighted by Crippen LogP contribution is 2.54. The number of hydrogen-bond donors (Lipinski definition) is 1. The first-order chi connectivity index (χ1) is 23.1. The minimum absolute atomic E-state index is 0.265. The Balaban J connectivity index is 1.38. The van der Waals surface area contributed by atoms with Gasteiger partial charge in [0.25, 0.3) is 0 Å². The van der Waals surface area contributed by atoms with Gasteiger partial charge in [-0.2, -0.15) is 0 Å². The zero-order valence-electron chi connectivity index (χ0n) is 25.9. The van der Waals surface area contributed by atoms with Gasteiger partial charge in [0.2, 0.25) is 0 Å². The maximum atomic E-state index is 11.8. The topological polar surface area (TPSA) is 40.5 Å². The van der Waals surface area contributed by atoms with Crippen molar-refractivity contribution >= 4 is 33.8 Å². The molecule has 0 aromatic heterocycles. The zero-order valence-corrected chi connectivity index (χ0v) is 25.9. The molecule has 1 aliphatic rings. The van der Waals surface area contributed by atoms with E-state index in [9.17, 15) is 9.90 Å². The molecule has 0 saturated heterocycles. The predicted octanol–water partition coefficient (Wildman–Crippen LogP) is 10.8. The lowest BCUT2D eigenvalue weighted by atomic mass is 9.69. The molecule has 0 saturated carbocycles. The number of hydrogen-bond acceptors (Lipinski definition) is 2. The molecule has 0 amide bonds. The molecular weight excluding hydrogens is 574 g/mol. The van der Waals surface area contributed by atoms with Gasteiger partial charge in [-0.05, 0) is 94.1 Å². The minimum Gasteiger partial charge on any atom is -0.478 e. The fourth-order valence-electron chi connectivity index (χ4n) is 7.50. The molecule has 0 spiro atoms. The lowest BCUT2D eigenvalue weighted by Crippen LogP contribution is -2.31. The quantitative estimate of drug-likeness (QED) is 0.187. The van der Waals surface area contributed by atoms with Gasteiger partial charge in [-0.1, -0.05) is 127 Å². The highest BCUT2D eigenvalue weighted by molar-refractivity contribution is 5.99. The van der Waals surface area contributed by atoms with Crippen LogP contribution in [0.5, 0.6) is 0 Å². The molecule has 0 heterocycles. The highest BCUT2D eigenvalue weighted by atomic mass is 16.4. The molecule has 1 aliphatic carbocycles. The van der Waals surface area contributed by atoms with E-state index in [0.717, 1.165) is 40.7 Å². The maximum Gasteiger partial charge on any atom is 0.335 e. The Labute approximate surface area is 275 Å². The molecule has 47 heavy (non-hydrogen) atoms. The summed E-state index contributed by atoms with van der Waals surface area (Å²) < 4.78 is 0. The van der Waals surface area contributed by atoms with E-state index in [1.807, 2.05) is 12.1 Å². The third-order valence-corrected chi connectivity index (χ3v) is 9.59. The first kappa shape index (κ1) is 28.5. The highest BCUT2D eigenvalue weighted by Gasteiger charge is 2.43. The van der Waals surface area contributed by atoms with E-state index in [1.165, 1.54) is 33.4 Å². The van der Waals surface area contributed by atoms with Crippen LogP contribution >= 0.6 is 0 Å². The number of carboxylic acids is 1. The van der Waals surface area contributed by atoms with E-state index < -0.39 is 5.97 Å². The Morgan fingerprint density at radius 1 is 0.532 bits per heavy atom. The number of benzene rings is 7. The number of carboxylic acid groups (broad SMARTS) is 1. The van der Waals surface area contributed by atoms with Gasteiger partial charge in [0, 0.05) is 22.2 Å². The smallest absolute Gasteiger partial charge is 0.335 e. The van der Waals surface area contributed by atoms with Gasteiger partial charge >= 0.3 is 5.97 Å². The molecule has 0 atom stereocenters. The van der Waals surface area contributed by atoms with Crippen LogP contribution in [-0.4, -0.2) is 11.1 Å². The predicted molar refractivity (Wildman–Crippen MR) is 192 cm³/mol. The molecular formula is C44H33NO2. The van der Waals surface area contributed by atoms with Gasteiger partial charge in [0.05, 0.1) is 11.3 Å². The number of nitrogens with zero attached hydrogens (tertiary/aromatic N) is 1. The summed E-state index contributed by atoms with van der Waals surface area (Å²) in [5.74, 6) is -0.935. The first-order valence-electron chi connectivity index (χ1n) is 16.0. The first-order valence-corrected chi connectivity index (χ1v) is 16.0. The summed E-state index contributed by atoms with van der Waals surface area (Å²) in [4.78, 5) is 14.1. The minimum atomic E-state index is -0.935. The van der Waals surface area contributed by atoms with Crippen LogP contribution in [0.1, 0.15) is 32.6 Å². The van der Waals surface area contributed by atoms with Crippen LogP contribution in [-0.2, 0) is 18.3 Å². The molecule has 226 valence electrons. The van der Waals surface area contributed by atoms with E-state index >= 15 is 0 Å². The van der Waals surface area contributed by atoms with Crippen LogP contribution in [0.3, 0.4) is 0 Å². The van der Waals surface area contributed by atoms with Crippen molar-refractivity contribution in [3.05, 3.63) is 198 Å². The normalized spacial score (nSPS) is 12.8. The van der Waals surface area contributed by atoms with Crippen molar-refractivity contribution in [1.82, 2.24) is 0 Å². The Hall–Kier alpha value is -5.93. The second-order valence-corrected chi connectivity index (χ2v) is 12.4. The Morgan fingerprint density at radius 2 is 1.11 bits per heavy atom. The summed E-state index contributed by atoms with van der Waals surface area (Å²) >= 11 is 0. The molecule has 3 heteroatoms. The number of aromatic carboxylic acids is 1. The van der Waals surface area contributed by atoms with Crippen LogP contribution < -0.4 is 4.90 Å². The van der Waals surface area contributed by atoms with Crippen molar-refractivity contribution in [3.8, 4) is 11.1 Å². The third-order valence-electron chi connectivity index (χ3n) is 9.59. The average molecular weight is 608 g/mol. The van der Waals surface area contributed by atoms with Gasteiger partial charge in [-0.3, -0.25) is 0 Å². The van der Waals surface area contributed by atoms with Gasteiger partial charge in [0.1, 0.15) is 0 Å². The molecule has 7 aromatic rings. The summed E-state index contributed by atoms with van der Waals surface area (Å²) in [6, 6.07) is 59.4. The van der Waals surface area contributed by atoms with Crippen LogP contribution in [0.25, 0.3) is 21.9 Å². The monoisotopic (exact) mass is 607 g/mol. The molecule has 0 aliphatic heterocycles. The van der Waals surface area contributed by atoms with Crippen LogP contribution in [0.4, 0.5) is 17.1 Å². The standard InChI is InChI=1S/C44H33NO2/c46-43(47)34-22-24-35(25-23-34)45(42-21-11-17-33-16-7-8-18-37(33)42)36-26-27-39-38-19-9-10-20-40(38)44(41(39)28-36,29-31-12-3-1-4-13-31)30-32-14-5-2-6-15-32/h1-28H,29-30H2,(H,46,47). The zero-order chi connectivity index (χ0) is 31.8. The number of carbonyl (C=O) groups is 1. The maximum absolute atomic E-state index is 11.8. The molecule has 7 aromatic carbocycles. The van der Waals surface area contributed by atoms with Crippen molar-refractivity contribution in [3.63, 3.8) is 0 Å². The summed E-state index contributed by atoms with van der Waals surface area (Å²) in [6.45, 7) is 0. The molecule has 0 bridgehead atoms. The molecule has 1 N–H and O–H groups in total. The summed E-state index contributed by atoms with van der Waals surface area (Å²) in [6.07, 6.45) is 1.72. The van der Waals surface area contributed by atoms with Crippen molar-refractivity contribution in [2.75, 3.05) is 4.90 Å². The molecule has 3 nitrogen and oxygen atoms in total. The number of fused-ring (bicyclic) bond motifs is 4. The number of anilines is 3. The average Bonchev–Trinajstić information content (AvgIpc) is 3.38. The molecule has 0 unspecified atom stereocenters. The van der Waals surface area contributed by atoms with E-state index in [-0.39, 0.29) is 11.0 Å². The second-order valence-electron chi connectivity index (χ2n) is 12.4. The summed E-state index contributed by atoms with van der Waals surface area (Å²) in [5.41, 5.74) is 10.7. The van der Waals surface area contributed by atoms with Gasteiger partial charge in [-0.25, -0.2) is 4.79 Å². The largest absolute Gasteiger partial charge is 0.478 e. The van der Waals surface area contributed by atoms with E-state index in [1.54, 1.807) is 12.1 Å². The van der Waals surface area contributed by atoms with Gasteiger partial charge in [0.15, 0.2) is 0 Å². The van der Waals surface area contributed by atoms with Crippen molar-refractivity contribution < 1.29 is 9.90 Å². The lowest BCUT2D eigenvalue weighted by Gasteiger charge is -2.34. The van der Waals surface area contributed by atoms with Gasteiger partial charge < -0.3 is 10.0 Å².